The van der Waals surface area contributed by atoms with E-state index in [0.717, 1.165) is 56.6 Å². The van der Waals surface area contributed by atoms with Gasteiger partial charge in [-0.05, 0) is 31.6 Å². The fraction of sp³-hybridized carbons (Fsp3) is 0.607. The zero-order valence-corrected chi connectivity index (χ0v) is 23.7. The van der Waals surface area contributed by atoms with E-state index in [4.69, 9.17) is 0 Å². The van der Waals surface area contributed by atoms with E-state index in [1.54, 1.807) is 0 Å². The van der Waals surface area contributed by atoms with E-state index in [1.807, 2.05) is 49.3 Å². The molecule has 1 atom stereocenters. The number of rotatable bonds is 6. The van der Waals surface area contributed by atoms with E-state index >= 15 is 0 Å². The van der Waals surface area contributed by atoms with Crippen LogP contribution >= 0.6 is 22.6 Å². The van der Waals surface area contributed by atoms with Crippen LogP contribution in [0, 0.1) is 5.92 Å². The Bertz CT molecular complexity index is 1150. The Morgan fingerprint density at radius 2 is 1.65 bits per heavy atom. The third-order valence-corrected chi connectivity index (χ3v) is 8.87. The predicted octanol–water partition coefficient (Wildman–Crippen LogP) is 3.54. The SMILES string of the molecule is O=C(CI)N1CCCC(n2c(-c3ccccc3)c(C(=O)N3CCNCC3)n(CC3CCCCC3)c2=O)C1. The number of carbonyl (C=O) groups is 2. The minimum atomic E-state index is -0.148. The van der Waals surface area contributed by atoms with Crippen molar-refractivity contribution in [3.8, 4) is 11.3 Å². The van der Waals surface area contributed by atoms with Gasteiger partial charge in [0.2, 0.25) is 5.91 Å². The van der Waals surface area contributed by atoms with Crippen molar-refractivity contribution in [2.75, 3.05) is 43.7 Å². The summed E-state index contributed by atoms with van der Waals surface area (Å²) in [5.74, 6) is 0.463. The molecule has 1 aromatic heterocycles. The van der Waals surface area contributed by atoms with Crippen LogP contribution in [0.1, 0.15) is 61.5 Å². The molecule has 1 unspecified atom stereocenters. The van der Waals surface area contributed by atoms with Crippen LogP contribution in [-0.2, 0) is 11.3 Å². The number of amides is 2. The second-order valence-corrected chi connectivity index (χ2v) is 11.4. The van der Waals surface area contributed by atoms with Crippen LogP contribution in [0.5, 0.6) is 0 Å². The summed E-state index contributed by atoms with van der Waals surface area (Å²) in [5, 5.41) is 3.33. The van der Waals surface area contributed by atoms with Crippen LogP contribution in [-0.4, -0.2) is 74.4 Å². The van der Waals surface area contributed by atoms with Crippen LogP contribution in [0.3, 0.4) is 0 Å². The number of carbonyl (C=O) groups excluding carboxylic acids is 2. The molecule has 3 heterocycles. The van der Waals surface area contributed by atoms with Crippen molar-refractivity contribution in [1.82, 2.24) is 24.3 Å². The summed E-state index contributed by atoms with van der Waals surface area (Å²) in [5.41, 5.74) is 2.04. The lowest BCUT2D eigenvalue weighted by molar-refractivity contribution is -0.129. The molecular formula is C28H38IN5O3. The maximum absolute atomic E-state index is 14.3. The smallest absolute Gasteiger partial charge is 0.329 e. The van der Waals surface area contributed by atoms with Crippen molar-refractivity contribution in [2.45, 2.75) is 57.5 Å². The van der Waals surface area contributed by atoms with E-state index in [0.29, 0.717) is 42.2 Å². The monoisotopic (exact) mass is 619 g/mol. The molecular weight excluding hydrogens is 581 g/mol. The molecule has 1 saturated carbocycles. The molecule has 0 spiro atoms. The largest absolute Gasteiger partial charge is 0.340 e. The second-order valence-electron chi connectivity index (χ2n) is 10.6. The van der Waals surface area contributed by atoms with Crippen LogP contribution in [0.4, 0.5) is 0 Å². The van der Waals surface area contributed by atoms with Gasteiger partial charge in [-0.2, -0.15) is 0 Å². The fourth-order valence-electron chi connectivity index (χ4n) is 6.28. The van der Waals surface area contributed by atoms with E-state index in [9.17, 15) is 14.4 Å². The summed E-state index contributed by atoms with van der Waals surface area (Å²) < 4.78 is 4.11. The Hall–Kier alpha value is -2.14. The predicted molar refractivity (Wildman–Crippen MR) is 153 cm³/mol. The number of likely N-dealkylation sites (tertiary alicyclic amines) is 1. The van der Waals surface area contributed by atoms with E-state index < -0.39 is 0 Å². The van der Waals surface area contributed by atoms with Gasteiger partial charge in [-0.15, -0.1) is 0 Å². The summed E-state index contributed by atoms with van der Waals surface area (Å²) in [6, 6.07) is 9.75. The third kappa shape index (κ3) is 5.67. The minimum Gasteiger partial charge on any atom is -0.340 e. The van der Waals surface area contributed by atoms with Gasteiger partial charge in [0.25, 0.3) is 5.91 Å². The molecule has 1 aromatic carbocycles. The number of imidazole rings is 1. The van der Waals surface area contributed by atoms with Gasteiger partial charge in [0.05, 0.1) is 16.2 Å². The fourth-order valence-corrected chi connectivity index (χ4v) is 6.76. The van der Waals surface area contributed by atoms with Crippen molar-refractivity contribution < 1.29 is 9.59 Å². The number of halogens is 1. The quantitative estimate of drug-likeness (QED) is 0.397. The molecule has 0 radical (unpaired) electrons. The standard InChI is InChI=1S/C28H38IN5O3/c29-18-24(35)32-15-7-12-23(20-32)34-25(22-10-5-2-6-11-22)26(27(36)31-16-13-30-14-17-31)33(28(34)37)19-21-8-3-1-4-9-21/h2,5-6,10-11,21,23,30H,1,3-4,7-9,12-20H2. The highest BCUT2D eigenvalue weighted by Gasteiger charge is 2.35. The molecule has 37 heavy (non-hydrogen) atoms. The first-order valence-corrected chi connectivity index (χ1v) is 15.3. The Balaban J connectivity index is 1.65. The molecule has 1 N–H and O–H groups in total. The third-order valence-electron chi connectivity index (χ3n) is 8.22. The average Bonchev–Trinajstić information content (AvgIpc) is 3.25. The lowest BCUT2D eigenvalue weighted by Crippen LogP contribution is -2.47. The van der Waals surface area contributed by atoms with Crippen LogP contribution < -0.4 is 11.0 Å². The van der Waals surface area contributed by atoms with E-state index in [-0.39, 0.29) is 23.5 Å². The molecule has 1 aliphatic carbocycles. The van der Waals surface area contributed by atoms with Gasteiger partial charge in [0.15, 0.2) is 0 Å². The number of aromatic nitrogens is 2. The Morgan fingerprint density at radius 3 is 2.35 bits per heavy atom. The topological polar surface area (TPSA) is 79.6 Å². The highest BCUT2D eigenvalue weighted by atomic mass is 127. The number of hydrogen-bond donors (Lipinski definition) is 1. The number of benzene rings is 1. The van der Waals surface area contributed by atoms with Crippen molar-refractivity contribution in [2.24, 2.45) is 5.92 Å². The molecule has 0 bridgehead atoms. The number of nitrogens with one attached hydrogen (secondary N) is 1. The van der Waals surface area contributed by atoms with Crippen LogP contribution in [0.25, 0.3) is 11.3 Å². The van der Waals surface area contributed by atoms with Crippen molar-refractivity contribution in [3.05, 3.63) is 46.5 Å². The molecule has 3 fully saturated rings. The van der Waals surface area contributed by atoms with Crippen molar-refractivity contribution in [3.63, 3.8) is 0 Å². The first kappa shape index (κ1) is 26.5. The van der Waals surface area contributed by atoms with Gasteiger partial charge in [-0.3, -0.25) is 18.7 Å². The van der Waals surface area contributed by atoms with Gasteiger partial charge >= 0.3 is 5.69 Å². The average molecular weight is 620 g/mol. The number of piperazine rings is 1. The molecule has 2 aliphatic heterocycles. The molecule has 200 valence electrons. The van der Waals surface area contributed by atoms with E-state index in [2.05, 4.69) is 27.9 Å². The first-order valence-electron chi connectivity index (χ1n) is 13.8. The Morgan fingerprint density at radius 1 is 0.919 bits per heavy atom. The second kappa shape index (κ2) is 12.1. The molecule has 5 rings (SSSR count). The van der Waals surface area contributed by atoms with Gasteiger partial charge in [-0.25, -0.2) is 4.79 Å². The summed E-state index contributed by atoms with van der Waals surface area (Å²) >= 11 is 2.11. The molecule has 2 saturated heterocycles. The normalized spacial score (nSPS) is 21.3. The van der Waals surface area contributed by atoms with Crippen molar-refractivity contribution in [1.29, 1.82) is 0 Å². The number of hydrogen-bond acceptors (Lipinski definition) is 4. The van der Waals surface area contributed by atoms with Gasteiger partial charge in [0, 0.05) is 51.4 Å². The maximum atomic E-state index is 14.3. The summed E-state index contributed by atoms with van der Waals surface area (Å²) in [6.07, 6.45) is 7.48. The summed E-state index contributed by atoms with van der Waals surface area (Å²) in [7, 11) is 0. The number of nitrogens with zero attached hydrogens (tertiary/aromatic N) is 4. The minimum absolute atomic E-state index is 0.0528. The maximum Gasteiger partial charge on any atom is 0.329 e. The molecule has 3 aliphatic rings. The Labute approximate surface area is 232 Å². The van der Waals surface area contributed by atoms with E-state index in [1.165, 1.54) is 19.3 Å². The lowest BCUT2D eigenvalue weighted by atomic mass is 9.89. The van der Waals surface area contributed by atoms with Gasteiger partial charge in [-0.1, -0.05) is 72.2 Å². The van der Waals surface area contributed by atoms with Gasteiger partial charge < -0.3 is 15.1 Å². The molecule has 2 amide bonds. The Kier molecular flexibility index (Phi) is 8.69. The lowest BCUT2D eigenvalue weighted by Gasteiger charge is -2.33. The number of alkyl halides is 1. The van der Waals surface area contributed by atoms with Crippen molar-refractivity contribution >= 4 is 34.4 Å². The molecule has 8 nitrogen and oxygen atoms in total. The summed E-state index contributed by atoms with van der Waals surface area (Å²) in [4.78, 5) is 44.9. The summed E-state index contributed by atoms with van der Waals surface area (Å²) in [6.45, 7) is 4.61. The van der Waals surface area contributed by atoms with Crippen LogP contribution in [0.15, 0.2) is 35.1 Å². The number of piperidine rings is 1. The highest BCUT2D eigenvalue weighted by Crippen LogP contribution is 2.33. The molecule has 9 heteroatoms. The zero-order valence-electron chi connectivity index (χ0n) is 21.5. The van der Waals surface area contributed by atoms with Gasteiger partial charge in [0.1, 0.15) is 5.69 Å². The van der Waals surface area contributed by atoms with Crippen LogP contribution in [0.2, 0.25) is 0 Å². The zero-order chi connectivity index (χ0) is 25.8. The first-order chi connectivity index (χ1) is 18.1. The highest BCUT2D eigenvalue weighted by molar-refractivity contribution is 14.1. The molecule has 2 aromatic rings.